The average molecular weight is 446 g/mol. The Morgan fingerprint density at radius 2 is 1.77 bits per heavy atom. The molecule has 30 heavy (non-hydrogen) atoms. The van der Waals surface area contributed by atoms with Gasteiger partial charge in [0, 0.05) is 25.5 Å². The molecule has 8 heteroatoms. The number of para-hydroxylation sites is 1. The van der Waals surface area contributed by atoms with Crippen LogP contribution in [0.25, 0.3) is 11.3 Å². The first kappa shape index (κ1) is 21.9. The van der Waals surface area contributed by atoms with E-state index >= 15 is 0 Å². The first-order valence-electron chi connectivity index (χ1n) is 9.42. The number of anilines is 1. The Kier molecular flexibility index (Phi) is 7.49. The number of halogens is 2. The largest absolute Gasteiger partial charge is 0.441 e. The molecule has 0 unspecified atom stereocenters. The van der Waals surface area contributed by atoms with Crippen LogP contribution in [0.15, 0.2) is 59.1 Å². The number of benzene rings is 2. The van der Waals surface area contributed by atoms with Gasteiger partial charge in [-0.25, -0.2) is 4.98 Å². The summed E-state index contributed by atoms with van der Waals surface area (Å²) in [6.45, 7) is -0.0997. The number of amides is 2. The molecule has 1 aromatic heterocycles. The molecule has 0 aliphatic heterocycles. The van der Waals surface area contributed by atoms with Gasteiger partial charge in [-0.2, -0.15) is 0 Å². The summed E-state index contributed by atoms with van der Waals surface area (Å²) >= 11 is 12.1. The Balaban J connectivity index is 1.45. The minimum atomic E-state index is -0.374. The third-order valence-electron chi connectivity index (χ3n) is 4.43. The smallest absolute Gasteiger partial charge is 0.244 e. The van der Waals surface area contributed by atoms with Crippen molar-refractivity contribution in [2.45, 2.75) is 19.3 Å². The Morgan fingerprint density at radius 3 is 2.47 bits per heavy atom. The van der Waals surface area contributed by atoms with Crippen LogP contribution < -0.4 is 5.32 Å². The lowest BCUT2D eigenvalue weighted by Gasteiger charge is -2.17. The van der Waals surface area contributed by atoms with Crippen molar-refractivity contribution in [2.75, 3.05) is 18.9 Å². The molecule has 0 fully saturated rings. The van der Waals surface area contributed by atoms with Crippen molar-refractivity contribution in [2.24, 2.45) is 0 Å². The summed E-state index contributed by atoms with van der Waals surface area (Å²) in [5.74, 6) is 0.755. The van der Waals surface area contributed by atoms with Gasteiger partial charge in [0.1, 0.15) is 0 Å². The molecule has 2 amide bonds. The molecule has 156 valence electrons. The minimum Gasteiger partial charge on any atom is -0.441 e. The number of aromatic nitrogens is 1. The average Bonchev–Trinajstić information content (AvgIpc) is 3.20. The van der Waals surface area contributed by atoms with E-state index in [0.29, 0.717) is 40.2 Å². The van der Waals surface area contributed by atoms with Gasteiger partial charge >= 0.3 is 0 Å². The number of carbonyl (C=O) groups excluding carboxylic acids is 2. The molecular weight excluding hydrogens is 425 g/mol. The van der Waals surface area contributed by atoms with Crippen LogP contribution in [0.2, 0.25) is 10.0 Å². The van der Waals surface area contributed by atoms with Gasteiger partial charge in [-0.15, -0.1) is 0 Å². The Morgan fingerprint density at radius 1 is 1.07 bits per heavy atom. The fraction of sp³-hybridized carbons (Fsp3) is 0.227. The lowest BCUT2D eigenvalue weighted by atomic mass is 10.2. The van der Waals surface area contributed by atoms with Gasteiger partial charge in [0.2, 0.25) is 11.8 Å². The maximum absolute atomic E-state index is 12.3. The number of likely N-dealkylation sites (N-methyl/N-ethyl adjacent to an activating group) is 1. The molecule has 3 aromatic rings. The molecule has 0 saturated heterocycles. The maximum atomic E-state index is 12.3. The SMILES string of the molecule is CN(CC(=O)Nc1c(Cl)cccc1Cl)C(=O)CCCc1ncc(-c2ccccc2)o1. The van der Waals surface area contributed by atoms with Crippen molar-refractivity contribution in [3.63, 3.8) is 0 Å². The predicted molar refractivity (Wildman–Crippen MR) is 118 cm³/mol. The standard InChI is InChI=1S/C22H21Cl2N3O3/c1-27(14-19(28)26-22-16(23)9-5-10-17(22)24)21(29)12-6-11-20-25-13-18(30-20)15-7-3-2-4-8-15/h2-5,7-10,13H,6,11-12,14H2,1H3,(H,26,28). The number of carbonyl (C=O) groups is 2. The summed E-state index contributed by atoms with van der Waals surface area (Å²) in [4.78, 5) is 30.2. The van der Waals surface area contributed by atoms with Gasteiger partial charge in [0.25, 0.3) is 0 Å². The van der Waals surface area contributed by atoms with Crippen molar-refractivity contribution in [1.82, 2.24) is 9.88 Å². The van der Waals surface area contributed by atoms with Crippen molar-refractivity contribution in [3.05, 3.63) is 70.7 Å². The number of aryl methyl sites for hydroxylation is 1. The summed E-state index contributed by atoms with van der Waals surface area (Å²) in [5, 5.41) is 3.32. The maximum Gasteiger partial charge on any atom is 0.244 e. The number of rotatable bonds is 8. The molecule has 6 nitrogen and oxygen atoms in total. The quantitative estimate of drug-likeness (QED) is 0.525. The highest BCUT2D eigenvalue weighted by atomic mass is 35.5. The molecule has 1 N–H and O–H groups in total. The van der Waals surface area contributed by atoms with Crippen LogP contribution in [0, 0.1) is 0 Å². The van der Waals surface area contributed by atoms with Gasteiger partial charge < -0.3 is 14.6 Å². The van der Waals surface area contributed by atoms with E-state index in [4.69, 9.17) is 27.6 Å². The number of nitrogens with zero attached hydrogens (tertiary/aromatic N) is 2. The van der Waals surface area contributed by atoms with E-state index in [9.17, 15) is 9.59 Å². The second-order valence-corrected chi connectivity index (χ2v) is 7.55. The van der Waals surface area contributed by atoms with Gasteiger partial charge in [-0.1, -0.05) is 59.6 Å². The van der Waals surface area contributed by atoms with Crippen LogP contribution in [0.3, 0.4) is 0 Å². The second kappa shape index (κ2) is 10.3. The first-order valence-corrected chi connectivity index (χ1v) is 10.2. The lowest BCUT2D eigenvalue weighted by molar-refractivity contribution is -0.133. The summed E-state index contributed by atoms with van der Waals surface area (Å²) in [7, 11) is 1.58. The van der Waals surface area contributed by atoms with Crippen LogP contribution in [-0.4, -0.2) is 35.3 Å². The number of hydrogen-bond donors (Lipinski definition) is 1. The van der Waals surface area contributed by atoms with Gasteiger partial charge in [-0.3, -0.25) is 9.59 Å². The van der Waals surface area contributed by atoms with Crippen LogP contribution in [0.1, 0.15) is 18.7 Å². The van der Waals surface area contributed by atoms with Crippen LogP contribution in [-0.2, 0) is 16.0 Å². The zero-order chi connectivity index (χ0) is 21.5. The highest BCUT2D eigenvalue weighted by Crippen LogP contribution is 2.29. The van der Waals surface area contributed by atoms with E-state index in [-0.39, 0.29) is 24.8 Å². The van der Waals surface area contributed by atoms with Gasteiger partial charge in [-0.05, 0) is 18.6 Å². The molecule has 3 rings (SSSR count). The van der Waals surface area contributed by atoms with E-state index in [1.807, 2.05) is 30.3 Å². The number of hydrogen-bond acceptors (Lipinski definition) is 4. The zero-order valence-electron chi connectivity index (χ0n) is 16.4. The highest BCUT2D eigenvalue weighted by molar-refractivity contribution is 6.39. The monoisotopic (exact) mass is 445 g/mol. The molecule has 0 atom stereocenters. The number of oxazole rings is 1. The zero-order valence-corrected chi connectivity index (χ0v) is 17.9. The Labute approximate surface area is 184 Å². The molecule has 0 aliphatic carbocycles. The molecule has 2 aromatic carbocycles. The van der Waals surface area contributed by atoms with E-state index in [1.54, 1.807) is 31.4 Å². The van der Waals surface area contributed by atoms with Crippen LogP contribution in [0.5, 0.6) is 0 Å². The van der Waals surface area contributed by atoms with E-state index in [1.165, 1.54) is 4.90 Å². The van der Waals surface area contributed by atoms with Crippen molar-refractivity contribution in [1.29, 1.82) is 0 Å². The minimum absolute atomic E-state index is 0.0997. The highest BCUT2D eigenvalue weighted by Gasteiger charge is 2.16. The Bertz CT molecular complexity index is 1000. The van der Waals surface area contributed by atoms with Crippen LogP contribution in [0.4, 0.5) is 5.69 Å². The molecular formula is C22H21Cl2N3O3. The first-order chi connectivity index (χ1) is 14.4. The molecule has 0 spiro atoms. The molecule has 0 aliphatic rings. The molecule has 0 radical (unpaired) electrons. The third kappa shape index (κ3) is 5.84. The van der Waals surface area contributed by atoms with E-state index in [0.717, 1.165) is 5.56 Å². The normalized spacial score (nSPS) is 10.6. The topological polar surface area (TPSA) is 75.4 Å². The van der Waals surface area contributed by atoms with Crippen molar-refractivity contribution < 1.29 is 14.0 Å². The van der Waals surface area contributed by atoms with E-state index < -0.39 is 0 Å². The summed E-state index contributed by atoms with van der Waals surface area (Å²) in [6.07, 6.45) is 3.06. The second-order valence-electron chi connectivity index (χ2n) is 6.73. The van der Waals surface area contributed by atoms with Crippen molar-refractivity contribution in [3.8, 4) is 11.3 Å². The third-order valence-corrected chi connectivity index (χ3v) is 5.06. The fourth-order valence-electron chi connectivity index (χ4n) is 2.84. The Hall–Kier alpha value is -2.83. The molecule has 1 heterocycles. The van der Waals surface area contributed by atoms with E-state index in [2.05, 4.69) is 10.3 Å². The lowest BCUT2D eigenvalue weighted by Crippen LogP contribution is -2.34. The fourth-order valence-corrected chi connectivity index (χ4v) is 3.34. The number of nitrogens with one attached hydrogen (secondary N) is 1. The molecule has 0 bridgehead atoms. The van der Waals surface area contributed by atoms with Crippen LogP contribution >= 0.6 is 23.2 Å². The summed E-state index contributed by atoms with van der Waals surface area (Å²) in [5.41, 5.74) is 1.29. The van der Waals surface area contributed by atoms with Gasteiger partial charge in [0.15, 0.2) is 11.7 Å². The van der Waals surface area contributed by atoms with Crippen molar-refractivity contribution >= 4 is 40.7 Å². The summed E-state index contributed by atoms with van der Waals surface area (Å²) < 4.78 is 5.74. The molecule has 0 saturated carbocycles. The van der Waals surface area contributed by atoms with Gasteiger partial charge in [0.05, 0.1) is 28.5 Å². The predicted octanol–water partition coefficient (Wildman–Crippen LogP) is 5.07. The summed E-state index contributed by atoms with van der Waals surface area (Å²) in [6, 6.07) is 14.6.